The van der Waals surface area contributed by atoms with Crippen molar-refractivity contribution >= 4 is 21.9 Å². The lowest BCUT2D eigenvalue weighted by Crippen LogP contribution is -2.35. The Morgan fingerprint density at radius 2 is 1.65 bits per heavy atom. The fourth-order valence-corrected chi connectivity index (χ4v) is 5.46. The number of fused-ring (bicyclic) bond motifs is 1. The maximum absolute atomic E-state index is 13.3. The molecule has 34 heavy (non-hydrogen) atoms. The average molecular weight is 487 g/mol. The van der Waals surface area contributed by atoms with Crippen molar-refractivity contribution in [3.8, 4) is 0 Å². The zero-order chi connectivity index (χ0) is 24.6. The van der Waals surface area contributed by atoms with Crippen LogP contribution in [0.4, 0.5) is 5.95 Å². The fraction of sp³-hybridized carbons (Fsp3) is 0.542. The molecule has 0 aliphatic carbocycles. The molecule has 2 saturated heterocycles. The van der Waals surface area contributed by atoms with Crippen LogP contribution in [-0.2, 0) is 10.0 Å². The van der Waals surface area contributed by atoms with Gasteiger partial charge in [-0.1, -0.05) is 30.3 Å². The third-order valence-electron chi connectivity index (χ3n) is 7.09. The molecular weight excluding hydrogens is 452 g/mol. The molecule has 2 aliphatic rings. The van der Waals surface area contributed by atoms with Crippen LogP contribution in [0.2, 0.25) is 0 Å². The number of hydrogen-bond donors (Lipinski definition) is 1. The normalized spacial score (nSPS) is 21.5. The molecule has 0 bridgehead atoms. The number of aromatic nitrogens is 2. The van der Waals surface area contributed by atoms with Crippen molar-refractivity contribution in [3.05, 3.63) is 52.8 Å². The predicted molar refractivity (Wildman–Crippen MR) is 132 cm³/mol. The van der Waals surface area contributed by atoms with E-state index >= 15 is 0 Å². The molecule has 184 valence electrons. The third kappa shape index (κ3) is 5.08. The molecule has 4 rings (SSSR count). The second kappa shape index (κ2) is 9.59. The Labute approximate surface area is 202 Å². The lowest BCUT2D eigenvalue weighted by atomic mass is 10.0. The van der Waals surface area contributed by atoms with E-state index in [9.17, 15) is 13.2 Å². The van der Waals surface area contributed by atoms with Gasteiger partial charge in [0.2, 0.25) is 16.0 Å². The first-order valence-corrected chi connectivity index (χ1v) is 13.5. The van der Waals surface area contributed by atoms with Crippen LogP contribution < -0.4 is 10.0 Å². The van der Waals surface area contributed by atoms with Gasteiger partial charge < -0.3 is 15.5 Å². The van der Waals surface area contributed by atoms with Gasteiger partial charge in [-0.3, -0.25) is 4.79 Å². The smallest absolute Gasteiger partial charge is 0.257 e. The molecule has 3 heterocycles. The van der Waals surface area contributed by atoms with E-state index in [2.05, 4.69) is 27.0 Å². The predicted octanol–water partition coefficient (Wildman–Crippen LogP) is 1.58. The highest BCUT2D eigenvalue weighted by molar-refractivity contribution is 7.92. The third-order valence-corrected chi connectivity index (χ3v) is 8.24. The van der Waals surface area contributed by atoms with Gasteiger partial charge in [-0.15, -0.1) is 0 Å². The summed E-state index contributed by atoms with van der Waals surface area (Å²) in [5.41, 5.74) is 9.00. The number of nitrogens with two attached hydrogens (primary N) is 1. The Morgan fingerprint density at radius 3 is 2.18 bits per heavy atom. The van der Waals surface area contributed by atoms with E-state index in [4.69, 9.17) is 5.73 Å². The van der Waals surface area contributed by atoms with Gasteiger partial charge >= 0.3 is 0 Å². The summed E-state index contributed by atoms with van der Waals surface area (Å²) in [6.07, 6.45) is 2.01. The van der Waals surface area contributed by atoms with Crippen molar-refractivity contribution in [1.29, 1.82) is 0 Å². The Balaban J connectivity index is 1.35. The fourth-order valence-electron chi connectivity index (χ4n) is 5.08. The Bertz CT molecular complexity index is 1120. The van der Waals surface area contributed by atoms with E-state index < -0.39 is 10.0 Å². The first-order chi connectivity index (χ1) is 16.0. The minimum Gasteiger partial charge on any atom is -0.338 e. The highest BCUT2D eigenvalue weighted by Gasteiger charge is 2.42. The zero-order valence-electron chi connectivity index (χ0n) is 20.3. The number of nitrogens with zero attached hydrogens (tertiary/aromatic N) is 5. The molecule has 9 nitrogen and oxygen atoms in total. The first kappa shape index (κ1) is 24.6. The number of sulfonamides is 1. The Morgan fingerprint density at radius 1 is 1.09 bits per heavy atom. The summed E-state index contributed by atoms with van der Waals surface area (Å²) in [4.78, 5) is 26.3. The molecule has 3 atom stereocenters. The maximum Gasteiger partial charge on any atom is 0.257 e. The number of likely N-dealkylation sites (tertiary alicyclic amines) is 2. The lowest BCUT2D eigenvalue weighted by molar-refractivity contribution is 0.0771. The van der Waals surface area contributed by atoms with Gasteiger partial charge in [-0.05, 0) is 44.2 Å². The Hall–Kier alpha value is -2.56. The van der Waals surface area contributed by atoms with Crippen LogP contribution in [-0.4, -0.2) is 80.1 Å². The number of benzene rings is 1. The van der Waals surface area contributed by atoms with Crippen molar-refractivity contribution in [1.82, 2.24) is 19.8 Å². The number of rotatable bonds is 7. The molecule has 2 aliphatic heterocycles. The molecule has 10 heteroatoms. The van der Waals surface area contributed by atoms with Crippen LogP contribution >= 0.6 is 0 Å². The zero-order valence-corrected chi connectivity index (χ0v) is 21.1. The SMILES string of the molecule is Cc1nc(N(C)S(C)(=O)=O)nc(C)c1C(=O)N1CC2CN(CC[C@H](N)c3ccccc3)CC2C1. The standard InChI is InChI=1S/C24H34N6O3S/c1-16-22(17(2)27-24(26-16)28(3)34(4,32)33)23(31)30-14-19-12-29(13-20(19)15-30)11-10-21(25)18-8-6-5-7-9-18/h5-9,19-21H,10-15,25H2,1-4H3/t19?,20?,21-/m0/s1. The second-order valence-corrected chi connectivity index (χ2v) is 11.6. The van der Waals surface area contributed by atoms with Gasteiger partial charge in [-0.25, -0.2) is 22.7 Å². The van der Waals surface area contributed by atoms with E-state index in [1.54, 1.807) is 13.8 Å². The summed E-state index contributed by atoms with van der Waals surface area (Å²) in [7, 11) is -2.07. The number of carbonyl (C=O) groups is 1. The van der Waals surface area contributed by atoms with Gasteiger partial charge in [0.05, 0.1) is 23.2 Å². The first-order valence-electron chi connectivity index (χ1n) is 11.7. The van der Waals surface area contributed by atoms with Gasteiger partial charge in [0.25, 0.3) is 5.91 Å². The van der Waals surface area contributed by atoms with Crippen molar-refractivity contribution in [2.24, 2.45) is 17.6 Å². The molecule has 2 fully saturated rings. The summed E-state index contributed by atoms with van der Waals surface area (Å²) in [6.45, 7) is 7.80. The summed E-state index contributed by atoms with van der Waals surface area (Å²) in [5.74, 6) is 0.912. The van der Waals surface area contributed by atoms with Crippen LogP contribution in [0.1, 0.15) is 39.8 Å². The number of carbonyl (C=O) groups excluding carboxylic acids is 1. The van der Waals surface area contributed by atoms with Gasteiger partial charge in [0, 0.05) is 39.3 Å². The van der Waals surface area contributed by atoms with Crippen LogP contribution in [0.15, 0.2) is 30.3 Å². The molecule has 2 aromatic rings. The van der Waals surface area contributed by atoms with E-state index in [0.29, 0.717) is 41.9 Å². The average Bonchev–Trinajstić information content (AvgIpc) is 3.35. The van der Waals surface area contributed by atoms with Gasteiger partial charge in [0.15, 0.2) is 0 Å². The minimum atomic E-state index is -3.48. The number of anilines is 1. The molecule has 1 aromatic carbocycles. The van der Waals surface area contributed by atoms with Crippen molar-refractivity contribution in [3.63, 3.8) is 0 Å². The van der Waals surface area contributed by atoms with Gasteiger partial charge in [-0.2, -0.15) is 0 Å². The van der Waals surface area contributed by atoms with E-state index in [0.717, 1.165) is 36.6 Å². The van der Waals surface area contributed by atoms with Gasteiger partial charge in [0.1, 0.15) is 0 Å². The van der Waals surface area contributed by atoms with Crippen LogP contribution in [0.3, 0.4) is 0 Å². The van der Waals surface area contributed by atoms with Crippen molar-refractivity contribution in [2.45, 2.75) is 26.3 Å². The number of amides is 1. The lowest BCUT2D eigenvalue weighted by Gasteiger charge is -2.24. The molecule has 2 N–H and O–H groups in total. The van der Waals surface area contributed by atoms with E-state index in [1.807, 2.05) is 23.1 Å². The van der Waals surface area contributed by atoms with Crippen LogP contribution in [0, 0.1) is 25.7 Å². The largest absolute Gasteiger partial charge is 0.338 e. The van der Waals surface area contributed by atoms with Crippen LogP contribution in [0.25, 0.3) is 0 Å². The number of hydrogen-bond acceptors (Lipinski definition) is 7. The highest BCUT2D eigenvalue weighted by atomic mass is 32.2. The summed E-state index contributed by atoms with van der Waals surface area (Å²) in [6, 6.07) is 10.2. The minimum absolute atomic E-state index is 0.0374. The molecule has 2 unspecified atom stereocenters. The topological polar surface area (TPSA) is 113 Å². The van der Waals surface area contributed by atoms with Crippen molar-refractivity contribution in [2.75, 3.05) is 50.3 Å². The molecule has 0 spiro atoms. The second-order valence-electron chi connectivity index (χ2n) is 9.60. The summed E-state index contributed by atoms with van der Waals surface area (Å²) < 4.78 is 24.7. The molecule has 0 radical (unpaired) electrons. The number of aryl methyl sites for hydroxylation is 2. The molecule has 0 saturated carbocycles. The summed E-state index contributed by atoms with van der Waals surface area (Å²) in [5, 5.41) is 0. The quantitative estimate of drug-likeness (QED) is 0.632. The Kier molecular flexibility index (Phi) is 6.93. The molecular formula is C24H34N6O3S. The monoisotopic (exact) mass is 486 g/mol. The van der Waals surface area contributed by atoms with E-state index in [-0.39, 0.29) is 17.9 Å². The summed E-state index contributed by atoms with van der Waals surface area (Å²) >= 11 is 0. The molecule has 1 aromatic heterocycles. The highest BCUT2D eigenvalue weighted by Crippen LogP contribution is 2.33. The van der Waals surface area contributed by atoms with E-state index in [1.165, 1.54) is 12.6 Å². The maximum atomic E-state index is 13.3. The van der Waals surface area contributed by atoms with Crippen LogP contribution in [0.5, 0.6) is 0 Å². The molecule has 1 amide bonds. The van der Waals surface area contributed by atoms with Crippen molar-refractivity contribution < 1.29 is 13.2 Å².